The van der Waals surface area contributed by atoms with E-state index >= 15 is 0 Å². The molecule has 0 radical (unpaired) electrons. The lowest BCUT2D eigenvalue weighted by Gasteiger charge is -2.18. The Balaban J connectivity index is 3.34. The molecule has 0 aliphatic carbocycles. The first-order chi connectivity index (χ1) is 9.88. The number of ether oxygens (including phenoxy) is 1. The first-order valence-corrected chi connectivity index (χ1v) is 7.52. The Labute approximate surface area is 122 Å². The summed E-state index contributed by atoms with van der Waals surface area (Å²) in [6.45, 7) is 1.63. The highest BCUT2D eigenvalue weighted by Crippen LogP contribution is 2.30. The summed E-state index contributed by atoms with van der Waals surface area (Å²) in [5.41, 5.74) is -0.438. The van der Waals surface area contributed by atoms with Crippen LogP contribution in [0.15, 0.2) is 23.1 Å². The van der Waals surface area contributed by atoms with Crippen LogP contribution in [0.1, 0.15) is 13.3 Å². The van der Waals surface area contributed by atoms with E-state index in [1.807, 2.05) is 0 Å². The molecule has 0 saturated carbocycles. The molecule has 0 aromatic heterocycles. The van der Waals surface area contributed by atoms with E-state index in [4.69, 9.17) is 10.00 Å². The zero-order chi connectivity index (χ0) is 16.0. The van der Waals surface area contributed by atoms with Gasteiger partial charge in [0.15, 0.2) is 5.75 Å². The third-order valence-corrected chi connectivity index (χ3v) is 4.55. The lowest BCUT2D eigenvalue weighted by molar-refractivity contribution is -0.386. The first kappa shape index (κ1) is 16.9. The van der Waals surface area contributed by atoms with Crippen LogP contribution in [0.25, 0.3) is 0 Å². The van der Waals surface area contributed by atoms with Crippen molar-refractivity contribution in [2.75, 3.05) is 20.2 Å². The van der Waals surface area contributed by atoms with E-state index in [2.05, 4.69) is 0 Å². The zero-order valence-corrected chi connectivity index (χ0v) is 12.5. The Morgan fingerprint density at radius 1 is 1.48 bits per heavy atom. The molecule has 0 spiro atoms. The van der Waals surface area contributed by atoms with Crippen molar-refractivity contribution in [1.29, 1.82) is 5.26 Å². The molecule has 0 bridgehead atoms. The summed E-state index contributed by atoms with van der Waals surface area (Å²) in [4.78, 5) is 9.99. The minimum absolute atomic E-state index is 0.0266. The van der Waals surface area contributed by atoms with Crippen LogP contribution in [0.5, 0.6) is 5.75 Å². The van der Waals surface area contributed by atoms with Gasteiger partial charge in [-0.1, -0.05) is 6.92 Å². The van der Waals surface area contributed by atoms with E-state index in [0.717, 1.165) is 10.4 Å². The first-order valence-electron chi connectivity index (χ1n) is 6.08. The SMILES string of the molecule is CCCN(CC#N)S(=O)(=O)c1ccc(OC)c([N+](=O)[O-])c1. The number of rotatable bonds is 7. The summed E-state index contributed by atoms with van der Waals surface area (Å²) in [5.74, 6) is -0.0266. The van der Waals surface area contributed by atoms with Gasteiger partial charge in [0.05, 0.1) is 23.0 Å². The Hall–Kier alpha value is -2.18. The molecule has 1 aromatic rings. The summed E-state index contributed by atoms with van der Waals surface area (Å²) in [6.07, 6.45) is 0.527. The molecule has 8 nitrogen and oxygen atoms in total. The van der Waals surface area contributed by atoms with Crippen LogP contribution in [0.4, 0.5) is 5.69 Å². The highest BCUT2D eigenvalue weighted by Gasteiger charge is 2.27. The number of benzene rings is 1. The molecule has 9 heteroatoms. The second kappa shape index (κ2) is 7.01. The van der Waals surface area contributed by atoms with Crippen LogP contribution in [0, 0.1) is 21.4 Å². The van der Waals surface area contributed by atoms with Gasteiger partial charge in [-0.3, -0.25) is 10.1 Å². The monoisotopic (exact) mass is 313 g/mol. The molecule has 1 rings (SSSR count). The van der Waals surface area contributed by atoms with Crippen LogP contribution in [-0.2, 0) is 10.0 Å². The van der Waals surface area contributed by atoms with Crippen LogP contribution < -0.4 is 4.74 Å². The van der Waals surface area contributed by atoms with Gasteiger partial charge >= 0.3 is 5.69 Å². The smallest absolute Gasteiger partial charge is 0.312 e. The van der Waals surface area contributed by atoms with Gasteiger partial charge in [0.1, 0.15) is 6.54 Å². The van der Waals surface area contributed by atoms with Crippen molar-refractivity contribution in [2.24, 2.45) is 0 Å². The lowest BCUT2D eigenvalue weighted by atomic mass is 10.3. The lowest BCUT2D eigenvalue weighted by Crippen LogP contribution is -2.32. The maximum atomic E-state index is 12.4. The third-order valence-electron chi connectivity index (χ3n) is 2.70. The molecule has 0 saturated heterocycles. The second-order valence-electron chi connectivity index (χ2n) is 4.09. The van der Waals surface area contributed by atoms with Gasteiger partial charge in [-0.2, -0.15) is 9.57 Å². The average molecular weight is 313 g/mol. The molecular formula is C12H15N3O5S. The molecule has 0 amide bonds. The van der Waals surface area contributed by atoms with Gasteiger partial charge < -0.3 is 4.74 Å². The minimum atomic E-state index is -3.96. The molecule has 0 unspecified atom stereocenters. The molecule has 0 heterocycles. The van der Waals surface area contributed by atoms with E-state index in [0.29, 0.717) is 6.42 Å². The number of hydrogen-bond donors (Lipinski definition) is 0. The van der Waals surface area contributed by atoms with Crippen molar-refractivity contribution in [2.45, 2.75) is 18.2 Å². The molecule has 0 aliphatic heterocycles. The van der Waals surface area contributed by atoms with E-state index in [1.165, 1.54) is 19.2 Å². The molecule has 0 atom stereocenters. The summed E-state index contributed by atoms with van der Waals surface area (Å²) >= 11 is 0. The quantitative estimate of drug-likeness (QED) is 0.428. The summed E-state index contributed by atoms with van der Waals surface area (Å²) in [5, 5.41) is 19.7. The van der Waals surface area contributed by atoms with E-state index in [9.17, 15) is 18.5 Å². The van der Waals surface area contributed by atoms with Gasteiger partial charge in [-0.25, -0.2) is 8.42 Å². The number of nitriles is 1. The van der Waals surface area contributed by atoms with Gasteiger partial charge in [0, 0.05) is 12.6 Å². The summed E-state index contributed by atoms with van der Waals surface area (Å²) < 4.78 is 30.6. The van der Waals surface area contributed by atoms with Crippen molar-refractivity contribution in [3.63, 3.8) is 0 Å². The van der Waals surface area contributed by atoms with Gasteiger partial charge in [-0.15, -0.1) is 0 Å². The van der Waals surface area contributed by atoms with Gasteiger partial charge in [-0.05, 0) is 18.6 Å². The van der Waals surface area contributed by atoms with Crippen LogP contribution in [-0.4, -0.2) is 37.8 Å². The number of nitro benzene ring substituents is 1. The standard InChI is InChI=1S/C12H15N3O5S/c1-3-7-14(8-6-13)21(18,19)10-4-5-12(20-2)11(9-10)15(16)17/h4-5,9H,3,7-8H2,1-2H3. The third kappa shape index (κ3) is 3.68. The minimum Gasteiger partial charge on any atom is -0.490 e. The van der Waals surface area contributed by atoms with Crippen LogP contribution in [0.3, 0.4) is 0 Å². The molecule has 0 N–H and O–H groups in total. The summed E-state index contributed by atoms with van der Waals surface area (Å²) in [7, 11) is -2.70. The predicted octanol–water partition coefficient (Wildman–Crippen LogP) is 1.53. The van der Waals surface area contributed by atoms with Crippen LogP contribution in [0.2, 0.25) is 0 Å². The Kier molecular flexibility index (Phi) is 5.63. The van der Waals surface area contributed by atoms with E-state index in [1.54, 1.807) is 13.0 Å². The van der Waals surface area contributed by atoms with Crippen molar-refractivity contribution in [1.82, 2.24) is 4.31 Å². The summed E-state index contributed by atoms with van der Waals surface area (Å²) in [6, 6.07) is 5.16. The Morgan fingerprint density at radius 2 is 2.14 bits per heavy atom. The predicted molar refractivity (Wildman–Crippen MR) is 74.3 cm³/mol. The maximum Gasteiger partial charge on any atom is 0.312 e. The highest BCUT2D eigenvalue weighted by molar-refractivity contribution is 7.89. The van der Waals surface area contributed by atoms with Crippen molar-refractivity contribution in [3.05, 3.63) is 28.3 Å². The molecule has 114 valence electrons. The Bertz CT molecular complexity index is 666. The average Bonchev–Trinajstić information content (AvgIpc) is 2.46. The fraction of sp³-hybridized carbons (Fsp3) is 0.417. The largest absolute Gasteiger partial charge is 0.490 e. The zero-order valence-electron chi connectivity index (χ0n) is 11.6. The second-order valence-corrected chi connectivity index (χ2v) is 6.03. The fourth-order valence-corrected chi connectivity index (χ4v) is 3.18. The Morgan fingerprint density at radius 3 is 2.62 bits per heavy atom. The number of sulfonamides is 1. The van der Waals surface area contributed by atoms with Crippen LogP contribution >= 0.6 is 0 Å². The van der Waals surface area contributed by atoms with Crippen molar-refractivity contribution >= 4 is 15.7 Å². The van der Waals surface area contributed by atoms with Crippen molar-refractivity contribution < 1.29 is 18.1 Å². The number of nitrogens with zero attached hydrogens (tertiary/aromatic N) is 3. The number of nitro groups is 1. The van der Waals surface area contributed by atoms with E-state index in [-0.39, 0.29) is 23.7 Å². The normalized spacial score (nSPS) is 11.1. The molecule has 0 aliphatic rings. The fourth-order valence-electron chi connectivity index (χ4n) is 1.73. The topological polar surface area (TPSA) is 114 Å². The number of hydrogen-bond acceptors (Lipinski definition) is 6. The van der Waals surface area contributed by atoms with E-state index < -0.39 is 20.6 Å². The maximum absolute atomic E-state index is 12.4. The van der Waals surface area contributed by atoms with Gasteiger partial charge in [0.2, 0.25) is 10.0 Å². The molecule has 1 aromatic carbocycles. The van der Waals surface area contributed by atoms with Crippen molar-refractivity contribution in [3.8, 4) is 11.8 Å². The highest BCUT2D eigenvalue weighted by atomic mass is 32.2. The molecular weight excluding hydrogens is 298 g/mol. The van der Waals surface area contributed by atoms with Gasteiger partial charge in [0.25, 0.3) is 0 Å². The molecule has 21 heavy (non-hydrogen) atoms. The number of methoxy groups -OCH3 is 1. The molecule has 0 fully saturated rings.